The van der Waals surface area contributed by atoms with E-state index in [1.165, 1.54) is 0 Å². The maximum absolute atomic E-state index is 11.8. The topological polar surface area (TPSA) is 66.4 Å². The molecule has 1 aromatic heterocycles. The minimum absolute atomic E-state index is 0.0886. The van der Waals surface area contributed by atoms with Crippen LogP contribution in [0.3, 0.4) is 0 Å². The van der Waals surface area contributed by atoms with Gasteiger partial charge in [-0.05, 0) is 40.2 Å². The van der Waals surface area contributed by atoms with Gasteiger partial charge in [-0.15, -0.1) is 11.3 Å². The highest BCUT2D eigenvalue weighted by atomic mass is 79.9. The first kappa shape index (κ1) is 13.5. The second-order valence-corrected chi connectivity index (χ2v) is 6.44. The highest BCUT2D eigenvalue weighted by Gasteiger charge is 2.45. The molecule has 1 aromatic rings. The van der Waals surface area contributed by atoms with E-state index in [2.05, 4.69) is 21.2 Å². The molecule has 0 saturated heterocycles. The number of thiophene rings is 1. The van der Waals surface area contributed by atoms with Crippen LogP contribution in [0.25, 0.3) is 0 Å². The standard InChI is InChI=1S/C12H14BrNO3S/c13-8-2-5-18-9(8)7-14-10(15)6-12(11(16)17)3-1-4-12/h2,5H,1,3-4,6-7H2,(H,14,15)(H,16,17). The van der Waals surface area contributed by atoms with Gasteiger partial charge in [0.05, 0.1) is 12.0 Å². The summed E-state index contributed by atoms with van der Waals surface area (Å²) in [6.45, 7) is 0.451. The highest BCUT2D eigenvalue weighted by molar-refractivity contribution is 9.10. The van der Waals surface area contributed by atoms with E-state index >= 15 is 0 Å². The van der Waals surface area contributed by atoms with E-state index in [1.54, 1.807) is 11.3 Å². The number of amides is 1. The van der Waals surface area contributed by atoms with Crippen molar-refractivity contribution in [1.29, 1.82) is 0 Å². The normalized spacial score (nSPS) is 16.9. The molecule has 4 nitrogen and oxygen atoms in total. The van der Waals surface area contributed by atoms with E-state index in [4.69, 9.17) is 5.11 Å². The maximum Gasteiger partial charge on any atom is 0.310 e. The fraction of sp³-hybridized carbons (Fsp3) is 0.500. The SMILES string of the molecule is O=C(CC1(C(=O)O)CCC1)NCc1sccc1Br. The Balaban J connectivity index is 1.86. The summed E-state index contributed by atoms with van der Waals surface area (Å²) in [5, 5.41) is 13.9. The summed E-state index contributed by atoms with van der Waals surface area (Å²) in [5.74, 6) is -1.03. The van der Waals surface area contributed by atoms with E-state index in [1.807, 2.05) is 11.4 Å². The predicted octanol–water partition coefficient (Wildman–Crippen LogP) is 2.77. The van der Waals surface area contributed by atoms with Crippen molar-refractivity contribution in [2.75, 3.05) is 0 Å². The number of carboxylic acid groups (broad SMARTS) is 1. The summed E-state index contributed by atoms with van der Waals surface area (Å²) < 4.78 is 0.976. The Morgan fingerprint density at radius 1 is 1.50 bits per heavy atom. The van der Waals surface area contributed by atoms with Crippen molar-refractivity contribution in [2.45, 2.75) is 32.2 Å². The molecular formula is C12H14BrNO3S. The molecule has 0 radical (unpaired) electrons. The predicted molar refractivity (Wildman–Crippen MR) is 72.4 cm³/mol. The van der Waals surface area contributed by atoms with Crippen LogP contribution in [0.1, 0.15) is 30.6 Å². The van der Waals surface area contributed by atoms with Crippen molar-refractivity contribution in [2.24, 2.45) is 5.41 Å². The number of nitrogens with one attached hydrogen (secondary N) is 1. The Morgan fingerprint density at radius 2 is 2.22 bits per heavy atom. The molecule has 1 fully saturated rings. The number of rotatable bonds is 5. The van der Waals surface area contributed by atoms with E-state index in [-0.39, 0.29) is 12.3 Å². The molecule has 1 aliphatic rings. The monoisotopic (exact) mass is 331 g/mol. The lowest BCUT2D eigenvalue weighted by molar-refractivity contribution is -0.157. The Bertz CT molecular complexity index is 468. The van der Waals surface area contributed by atoms with Gasteiger partial charge in [0.1, 0.15) is 0 Å². The van der Waals surface area contributed by atoms with Gasteiger partial charge < -0.3 is 10.4 Å². The third-order valence-corrected chi connectivity index (χ3v) is 5.33. The lowest BCUT2D eigenvalue weighted by atomic mass is 9.66. The number of carbonyl (C=O) groups is 2. The van der Waals surface area contributed by atoms with Crippen LogP contribution in [-0.4, -0.2) is 17.0 Å². The molecule has 1 saturated carbocycles. The third-order valence-electron chi connectivity index (χ3n) is 3.40. The number of halogens is 1. The van der Waals surface area contributed by atoms with Crippen LogP contribution in [-0.2, 0) is 16.1 Å². The number of carboxylic acids is 1. The van der Waals surface area contributed by atoms with Gasteiger partial charge in [-0.25, -0.2) is 0 Å². The molecule has 98 valence electrons. The largest absolute Gasteiger partial charge is 0.481 e. The van der Waals surface area contributed by atoms with E-state index < -0.39 is 11.4 Å². The smallest absolute Gasteiger partial charge is 0.310 e. The molecular weight excluding hydrogens is 318 g/mol. The summed E-state index contributed by atoms with van der Waals surface area (Å²) in [6.07, 6.45) is 2.21. The molecule has 1 aliphatic carbocycles. The summed E-state index contributed by atoms with van der Waals surface area (Å²) >= 11 is 4.95. The van der Waals surface area contributed by atoms with Crippen LogP contribution in [0.4, 0.5) is 0 Å². The quantitative estimate of drug-likeness (QED) is 0.871. The van der Waals surface area contributed by atoms with Crippen molar-refractivity contribution < 1.29 is 14.7 Å². The molecule has 1 heterocycles. The van der Waals surface area contributed by atoms with Crippen LogP contribution >= 0.6 is 27.3 Å². The van der Waals surface area contributed by atoms with Crippen LogP contribution in [0, 0.1) is 5.41 Å². The van der Waals surface area contributed by atoms with Crippen molar-refractivity contribution in [3.05, 3.63) is 20.8 Å². The molecule has 0 unspecified atom stereocenters. The summed E-state index contributed by atoms with van der Waals surface area (Å²) in [5.41, 5.74) is -0.809. The van der Waals surface area contributed by atoms with Crippen LogP contribution in [0.5, 0.6) is 0 Å². The number of hydrogen-bond acceptors (Lipinski definition) is 3. The fourth-order valence-electron chi connectivity index (χ4n) is 2.07. The molecule has 18 heavy (non-hydrogen) atoms. The zero-order valence-corrected chi connectivity index (χ0v) is 12.1. The molecule has 0 aromatic carbocycles. The Hall–Kier alpha value is -0.880. The summed E-state index contributed by atoms with van der Waals surface area (Å²) in [6, 6.07) is 1.93. The van der Waals surface area contributed by atoms with Crippen LogP contribution in [0.15, 0.2) is 15.9 Å². The number of aliphatic carboxylic acids is 1. The van der Waals surface area contributed by atoms with Gasteiger partial charge in [0.2, 0.25) is 5.91 Å². The van der Waals surface area contributed by atoms with Crippen LogP contribution in [0.2, 0.25) is 0 Å². The fourth-order valence-corrected chi connectivity index (χ4v) is 3.50. The average Bonchev–Trinajstić information content (AvgIpc) is 2.66. The Labute approximate surface area is 118 Å². The average molecular weight is 332 g/mol. The zero-order chi connectivity index (χ0) is 13.2. The first-order valence-electron chi connectivity index (χ1n) is 5.75. The minimum atomic E-state index is -0.846. The zero-order valence-electron chi connectivity index (χ0n) is 9.74. The second kappa shape index (κ2) is 5.40. The van der Waals surface area contributed by atoms with Crippen molar-refractivity contribution >= 4 is 39.1 Å². The number of carbonyl (C=O) groups excluding carboxylic acids is 1. The lowest BCUT2D eigenvalue weighted by Gasteiger charge is -2.36. The van der Waals surface area contributed by atoms with Crippen molar-refractivity contribution in [3.63, 3.8) is 0 Å². The van der Waals surface area contributed by atoms with E-state index in [0.717, 1.165) is 15.8 Å². The molecule has 2 N–H and O–H groups in total. The van der Waals surface area contributed by atoms with E-state index in [0.29, 0.717) is 19.4 Å². The maximum atomic E-state index is 11.8. The molecule has 0 bridgehead atoms. The Morgan fingerprint density at radius 3 is 2.67 bits per heavy atom. The summed E-state index contributed by atoms with van der Waals surface area (Å²) in [4.78, 5) is 24.0. The first-order chi connectivity index (χ1) is 8.53. The summed E-state index contributed by atoms with van der Waals surface area (Å²) in [7, 11) is 0. The van der Waals surface area contributed by atoms with Gasteiger partial charge in [0.15, 0.2) is 0 Å². The molecule has 1 amide bonds. The van der Waals surface area contributed by atoms with Gasteiger partial charge in [0.25, 0.3) is 0 Å². The van der Waals surface area contributed by atoms with Crippen molar-refractivity contribution in [3.8, 4) is 0 Å². The van der Waals surface area contributed by atoms with Gasteiger partial charge >= 0.3 is 5.97 Å². The highest BCUT2D eigenvalue weighted by Crippen LogP contribution is 2.44. The minimum Gasteiger partial charge on any atom is -0.481 e. The molecule has 6 heteroatoms. The third kappa shape index (κ3) is 2.75. The Kier molecular flexibility index (Phi) is 4.07. The molecule has 0 spiro atoms. The van der Waals surface area contributed by atoms with E-state index in [9.17, 15) is 9.59 Å². The van der Waals surface area contributed by atoms with Gasteiger partial charge in [0, 0.05) is 15.8 Å². The van der Waals surface area contributed by atoms with Gasteiger partial charge in [-0.2, -0.15) is 0 Å². The van der Waals surface area contributed by atoms with Crippen LogP contribution < -0.4 is 5.32 Å². The van der Waals surface area contributed by atoms with Gasteiger partial charge in [-0.1, -0.05) is 6.42 Å². The van der Waals surface area contributed by atoms with Crippen molar-refractivity contribution in [1.82, 2.24) is 5.32 Å². The molecule has 2 rings (SSSR count). The molecule has 0 atom stereocenters. The number of hydrogen-bond donors (Lipinski definition) is 2. The van der Waals surface area contributed by atoms with Gasteiger partial charge in [-0.3, -0.25) is 9.59 Å². The second-order valence-electron chi connectivity index (χ2n) is 4.58. The first-order valence-corrected chi connectivity index (χ1v) is 7.43. The lowest BCUT2D eigenvalue weighted by Crippen LogP contribution is -2.42. The molecule has 0 aliphatic heterocycles.